The highest BCUT2D eigenvalue weighted by molar-refractivity contribution is 6.35. The Morgan fingerprint density at radius 2 is 1.91 bits per heavy atom. The molecular weight excluding hydrogens is 444 g/mol. The number of nitrogens with one attached hydrogen (secondary N) is 2. The van der Waals surface area contributed by atoms with E-state index in [1.807, 2.05) is 30.3 Å². The van der Waals surface area contributed by atoms with Gasteiger partial charge in [-0.05, 0) is 32.4 Å². The summed E-state index contributed by atoms with van der Waals surface area (Å²) in [5, 5.41) is 10.6. The smallest absolute Gasteiger partial charge is 0.412 e. The number of benzene rings is 2. The van der Waals surface area contributed by atoms with Crippen molar-refractivity contribution in [2.24, 2.45) is 7.05 Å². The number of rotatable bonds is 4. The first-order chi connectivity index (χ1) is 15.6. The molecule has 0 aliphatic carbocycles. The van der Waals surface area contributed by atoms with Gasteiger partial charge in [0.2, 0.25) is 0 Å². The lowest BCUT2D eigenvalue weighted by molar-refractivity contribution is 0.0535. The largest absolute Gasteiger partial charge is 0.444 e. The zero-order chi connectivity index (χ0) is 24.0. The number of fused-ring (bicyclic) bond motifs is 1. The van der Waals surface area contributed by atoms with E-state index >= 15 is 0 Å². The molecule has 0 aliphatic rings. The van der Waals surface area contributed by atoms with E-state index in [0.29, 0.717) is 22.2 Å². The third-order valence-corrected chi connectivity index (χ3v) is 4.55. The highest BCUT2D eigenvalue weighted by Gasteiger charge is 2.17. The van der Waals surface area contributed by atoms with Crippen molar-refractivity contribution < 1.29 is 19.1 Å². The van der Waals surface area contributed by atoms with Crippen LogP contribution in [0.4, 0.5) is 15.3 Å². The van der Waals surface area contributed by atoms with E-state index in [4.69, 9.17) is 21.1 Å². The van der Waals surface area contributed by atoms with Crippen LogP contribution in [0.3, 0.4) is 0 Å². The molecule has 0 spiro atoms. The van der Waals surface area contributed by atoms with Gasteiger partial charge in [-0.3, -0.25) is 10.00 Å². The molecule has 172 valence electrons. The predicted octanol–water partition coefficient (Wildman–Crippen LogP) is 4.85. The van der Waals surface area contributed by atoms with Crippen molar-refractivity contribution in [3.05, 3.63) is 58.7 Å². The summed E-state index contributed by atoms with van der Waals surface area (Å²) in [6.07, 6.45) is 0.536. The van der Waals surface area contributed by atoms with Gasteiger partial charge in [-0.2, -0.15) is 5.10 Å². The average molecular weight is 469 g/mol. The molecule has 0 fully saturated rings. The molecule has 0 unspecified atom stereocenters. The Kier molecular flexibility index (Phi) is 7.46. The molecule has 3 rings (SSSR count). The number of nitrogens with zero attached hydrogens (tertiary/aromatic N) is 2. The number of hydrogen-bond acceptors (Lipinski definition) is 5. The molecule has 9 heteroatoms. The van der Waals surface area contributed by atoms with Gasteiger partial charge in [0.25, 0.3) is 0 Å². The molecule has 2 N–H and O–H groups in total. The minimum Gasteiger partial charge on any atom is -0.444 e. The number of aromatic nitrogens is 2. The fourth-order valence-electron chi connectivity index (χ4n) is 2.93. The molecule has 33 heavy (non-hydrogen) atoms. The van der Waals surface area contributed by atoms with E-state index < -0.39 is 17.8 Å². The number of halogens is 1. The average Bonchev–Trinajstić information content (AvgIpc) is 3.10. The second kappa shape index (κ2) is 10.3. The van der Waals surface area contributed by atoms with E-state index in [9.17, 15) is 9.59 Å². The van der Waals surface area contributed by atoms with Gasteiger partial charge in [0, 0.05) is 18.6 Å². The van der Waals surface area contributed by atoms with Crippen LogP contribution in [0.1, 0.15) is 31.9 Å². The molecule has 2 amide bonds. The summed E-state index contributed by atoms with van der Waals surface area (Å²) < 4.78 is 12.1. The number of aryl methyl sites for hydroxylation is 1. The predicted molar refractivity (Wildman–Crippen MR) is 127 cm³/mol. The Bertz CT molecular complexity index is 1220. The third-order valence-electron chi connectivity index (χ3n) is 4.25. The topological polar surface area (TPSA) is 94.5 Å². The quantitative estimate of drug-likeness (QED) is 0.534. The number of carbonyl (C=O) groups excluding carboxylic acids is 2. The molecule has 8 nitrogen and oxygen atoms in total. The second-order valence-corrected chi connectivity index (χ2v) is 8.60. The first-order valence-electron chi connectivity index (χ1n) is 10.2. The fourth-order valence-corrected chi connectivity index (χ4v) is 3.17. The maximum atomic E-state index is 12.4. The summed E-state index contributed by atoms with van der Waals surface area (Å²) in [5.74, 6) is 5.85. The molecule has 0 bridgehead atoms. The van der Waals surface area contributed by atoms with Crippen LogP contribution in [0.15, 0.2) is 42.6 Å². The zero-order valence-electron chi connectivity index (χ0n) is 18.9. The van der Waals surface area contributed by atoms with Crippen molar-refractivity contribution in [1.82, 2.24) is 15.1 Å². The standard InChI is InChI=1S/C24H25ClN4O4/c1-24(2,3)33-22(30)26-12-8-11-17-18-14-29(4)28-20(18)13-19(25)21(17)27-23(31)32-15-16-9-6-5-7-10-16/h5-7,9-10,13-14H,12,15H2,1-4H3,(H,26,30)(H,27,31). The van der Waals surface area contributed by atoms with E-state index in [-0.39, 0.29) is 18.2 Å². The SMILES string of the molecule is Cn1cc2c(C#CCNC(=O)OC(C)(C)C)c(NC(=O)OCc3ccccc3)c(Cl)cc2n1. The van der Waals surface area contributed by atoms with Crippen LogP contribution >= 0.6 is 11.6 Å². The summed E-state index contributed by atoms with van der Waals surface area (Å²) in [5.41, 5.74) is 1.64. The molecule has 0 radical (unpaired) electrons. The van der Waals surface area contributed by atoms with Gasteiger partial charge in [-0.1, -0.05) is 53.8 Å². The Morgan fingerprint density at radius 3 is 2.61 bits per heavy atom. The van der Waals surface area contributed by atoms with Gasteiger partial charge in [0.15, 0.2) is 0 Å². The van der Waals surface area contributed by atoms with Crippen LogP contribution < -0.4 is 10.6 Å². The van der Waals surface area contributed by atoms with E-state index in [0.717, 1.165) is 5.56 Å². The monoisotopic (exact) mass is 468 g/mol. The number of anilines is 1. The van der Waals surface area contributed by atoms with Gasteiger partial charge >= 0.3 is 12.2 Å². The fraction of sp³-hybridized carbons (Fsp3) is 0.292. The normalized spacial score (nSPS) is 10.8. The molecular formula is C24H25ClN4O4. The van der Waals surface area contributed by atoms with Crippen molar-refractivity contribution in [2.75, 3.05) is 11.9 Å². The van der Waals surface area contributed by atoms with Crippen molar-refractivity contribution in [3.8, 4) is 11.8 Å². The second-order valence-electron chi connectivity index (χ2n) is 8.19. The molecule has 0 atom stereocenters. The molecule has 3 aromatic rings. The lowest BCUT2D eigenvalue weighted by Gasteiger charge is -2.19. The van der Waals surface area contributed by atoms with Crippen molar-refractivity contribution in [1.29, 1.82) is 0 Å². The van der Waals surface area contributed by atoms with Gasteiger partial charge in [0.1, 0.15) is 12.2 Å². The van der Waals surface area contributed by atoms with Gasteiger partial charge in [-0.15, -0.1) is 0 Å². The van der Waals surface area contributed by atoms with Crippen LogP contribution in [0.25, 0.3) is 10.9 Å². The Morgan fingerprint density at radius 1 is 1.18 bits per heavy atom. The molecule has 1 aromatic heterocycles. The minimum absolute atomic E-state index is 0.0427. The molecule has 2 aromatic carbocycles. The van der Waals surface area contributed by atoms with Gasteiger partial charge < -0.3 is 14.8 Å². The summed E-state index contributed by atoms with van der Waals surface area (Å²) in [6, 6.07) is 11.0. The van der Waals surface area contributed by atoms with Crippen LogP contribution in [0, 0.1) is 11.8 Å². The van der Waals surface area contributed by atoms with Crippen LogP contribution in [-0.4, -0.2) is 34.1 Å². The number of hydrogen-bond donors (Lipinski definition) is 2. The molecule has 0 aliphatic heterocycles. The Balaban J connectivity index is 1.80. The maximum absolute atomic E-state index is 12.4. The summed E-state index contributed by atoms with van der Waals surface area (Å²) in [4.78, 5) is 24.3. The van der Waals surface area contributed by atoms with Gasteiger partial charge in [0.05, 0.1) is 28.3 Å². The number of ether oxygens (including phenoxy) is 2. The maximum Gasteiger partial charge on any atom is 0.412 e. The summed E-state index contributed by atoms with van der Waals surface area (Å²) in [6.45, 7) is 5.48. The highest BCUT2D eigenvalue weighted by Crippen LogP contribution is 2.33. The van der Waals surface area contributed by atoms with Crippen molar-refractivity contribution >= 4 is 40.4 Å². The Labute approximate surface area is 197 Å². The minimum atomic E-state index is -0.668. The van der Waals surface area contributed by atoms with Crippen LogP contribution in [-0.2, 0) is 23.1 Å². The Hall–Kier alpha value is -3.70. The number of alkyl carbamates (subject to hydrolysis) is 1. The first-order valence-corrected chi connectivity index (χ1v) is 10.6. The van der Waals surface area contributed by atoms with E-state index in [1.165, 1.54) is 0 Å². The van der Waals surface area contributed by atoms with Crippen molar-refractivity contribution in [2.45, 2.75) is 33.0 Å². The molecule has 0 saturated carbocycles. The first kappa shape index (κ1) is 24.0. The third kappa shape index (κ3) is 6.89. The molecule has 0 saturated heterocycles. The van der Waals surface area contributed by atoms with E-state index in [2.05, 4.69) is 27.6 Å². The lowest BCUT2D eigenvalue weighted by Crippen LogP contribution is -2.32. The lowest BCUT2D eigenvalue weighted by atomic mass is 10.1. The van der Waals surface area contributed by atoms with Crippen LogP contribution in [0.2, 0.25) is 5.02 Å². The highest BCUT2D eigenvalue weighted by atomic mass is 35.5. The zero-order valence-corrected chi connectivity index (χ0v) is 19.6. The van der Waals surface area contributed by atoms with Crippen molar-refractivity contribution in [3.63, 3.8) is 0 Å². The van der Waals surface area contributed by atoms with E-state index in [1.54, 1.807) is 44.8 Å². The summed E-state index contributed by atoms with van der Waals surface area (Å²) in [7, 11) is 1.77. The number of amides is 2. The van der Waals surface area contributed by atoms with Crippen LogP contribution in [0.5, 0.6) is 0 Å². The number of carbonyl (C=O) groups is 2. The molecule has 1 heterocycles. The summed E-state index contributed by atoms with van der Waals surface area (Å²) >= 11 is 6.44. The van der Waals surface area contributed by atoms with Gasteiger partial charge in [-0.25, -0.2) is 9.59 Å².